The van der Waals surface area contributed by atoms with E-state index >= 15 is 0 Å². The highest BCUT2D eigenvalue weighted by Gasteiger charge is 2.03. The topological polar surface area (TPSA) is 68.2 Å². The molecule has 0 saturated heterocycles. The summed E-state index contributed by atoms with van der Waals surface area (Å²) in [4.78, 5) is 15.8. The van der Waals surface area contributed by atoms with Crippen molar-refractivity contribution in [2.75, 3.05) is 24.4 Å². The molecule has 2 rings (SSSR count). The number of ether oxygens (including phenoxy) is 1. The van der Waals surface area contributed by atoms with Gasteiger partial charge >= 0.3 is 0 Å². The van der Waals surface area contributed by atoms with Crippen LogP contribution in [0.25, 0.3) is 0 Å². The zero-order valence-electron chi connectivity index (χ0n) is 12.3. The van der Waals surface area contributed by atoms with Crippen molar-refractivity contribution in [3.63, 3.8) is 0 Å². The van der Waals surface area contributed by atoms with E-state index < -0.39 is 0 Å². The molecule has 1 heterocycles. The lowest BCUT2D eigenvalue weighted by Gasteiger charge is -2.10. The third-order valence-electron chi connectivity index (χ3n) is 3.01. The molecule has 112 valence electrons. The van der Waals surface area contributed by atoms with E-state index in [1.54, 1.807) is 6.20 Å². The summed E-state index contributed by atoms with van der Waals surface area (Å²) in [6.07, 6.45) is 3.75. The normalized spacial score (nSPS) is 10.4. The molecule has 1 aromatic heterocycles. The number of carbonyl (C=O) groups excluding carboxylic acids is 1. The first-order valence-corrected chi connectivity index (χ1v) is 6.85. The van der Waals surface area contributed by atoms with Gasteiger partial charge in [0.1, 0.15) is 12.4 Å². The summed E-state index contributed by atoms with van der Waals surface area (Å²) in [5.41, 5.74) is 1.66. The van der Waals surface area contributed by atoms with Crippen LogP contribution in [0.3, 0.4) is 0 Å². The van der Waals surface area contributed by atoms with Crippen LogP contribution >= 0.6 is 0 Å². The van der Waals surface area contributed by atoms with E-state index in [1.165, 1.54) is 7.11 Å². The van der Waals surface area contributed by atoms with E-state index in [2.05, 4.69) is 27.1 Å². The fraction of sp³-hybridized carbons (Fsp3) is 0.333. The van der Waals surface area contributed by atoms with Crippen molar-refractivity contribution in [2.24, 2.45) is 0 Å². The fourth-order valence-electron chi connectivity index (χ4n) is 2.01. The first kappa shape index (κ1) is 15.1. The van der Waals surface area contributed by atoms with Gasteiger partial charge in [-0.05, 0) is 25.1 Å². The Morgan fingerprint density at radius 3 is 2.95 bits per heavy atom. The number of amides is 1. The first-order valence-electron chi connectivity index (χ1n) is 6.85. The molecule has 0 unspecified atom stereocenters. The summed E-state index contributed by atoms with van der Waals surface area (Å²) in [5, 5.41) is 6.08. The van der Waals surface area contributed by atoms with Crippen LogP contribution in [0.15, 0.2) is 36.7 Å². The highest BCUT2D eigenvalue weighted by atomic mass is 16.5. The van der Waals surface area contributed by atoms with Crippen LogP contribution in [0.4, 0.5) is 11.4 Å². The average Bonchev–Trinajstić information content (AvgIpc) is 2.93. The van der Waals surface area contributed by atoms with Crippen molar-refractivity contribution in [1.29, 1.82) is 0 Å². The van der Waals surface area contributed by atoms with Gasteiger partial charge in [-0.15, -0.1) is 0 Å². The summed E-state index contributed by atoms with van der Waals surface area (Å²) in [6, 6.07) is 7.56. The van der Waals surface area contributed by atoms with Crippen molar-refractivity contribution < 1.29 is 9.53 Å². The molecule has 1 aromatic carbocycles. The van der Waals surface area contributed by atoms with Crippen LogP contribution < -0.4 is 10.6 Å². The zero-order valence-corrected chi connectivity index (χ0v) is 12.3. The number of anilines is 2. The molecular weight excluding hydrogens is 268 g/mol. The molecular formula is C15H20N4O2. The largest absolute Gasteiger partial charge is 0.378 e. The number of carbonyl (C=O) groups is 1. The van der Waals surface area contributed by atoms with Gasteiger partial charge in [0.25, 0.3) is 0 Å². The maximum Gasteiger partial charge on any atom is 0.250 e. The quantitative estimate of drug-likeness (QED) is 0.818. The second kappa shape index (κ2) is 7.44. The van der Waals surface area contributed by atoms with E-state index in [0.717, 1.165) is 23.7 Å². The number of benzene rings is 1. The number of nitrogens with zero attached hydrogens (tertiary/aromatic N) is 2. The lowest BCUT2D eigenvalue weighted by molar-refractivity contribution is -0.119. The molecule has 0 atom stereocenters. The van der Waals surface area contributed by atoms with Crippen LogP contribution in [0.1, 0.15) is 12.7 Å². The van der Waals surface area contributed by atoms with Crippen LogP contribution in [-0.2, 0) is 22.6 Å². The van der Waals surface area contributed by atoms with E-state index in [0.29, 0.717) is 6.54 Å². The second-order valence-electron chi connectivity index (χ2n) is 4.55. The standard InChI is InChI=1S/C15H20N4O2/c1-3-19-8-7-16-14(19)10-17-12-5-4-6-13(9-12)18-15(20)11-21-2/h4-9,17H,3,10-11H2,1-2H3,(H,18,20). The number of imidazole rings is 1. The van der Waals surface area contributed by atoms with Crippen LogP contribution in [0, 0.1) is 0 Å². The van der Waals surface area contributed by atoms with Gasteiger partial charge in [0.05, 0.1) is 6.54 Å². The SMILES string of the molecule is CCn1ccnc1CNc1cccc(NC(=O)COC)c1. The van der Waals surface area contributed by atoms with Crippen molar-refractivity contribution in [3.8, 4) is 0 Å². The molecule has 1 amide bonds. The van der Waals surface area contributed by atoms with Gasteiger partial charge in [-0.3, -0.25) is 4.79 Å². The number of methoxy groups -OCH3 is 1. The van der Waals surface area contributed by atoms with Crippen molar-refractivity contribution in [3.05, 3.63) is 42.5 Å². The van der Waals surface area contributed by atoms with Gasteiger partial charge in [-0.25, -0.2) is 4.98 Å². The maximum absolute atomic E-state index is 11.5. The van der Waals surface area contributed by atoms with Gasteiger partial charge in [0.2, 0.25) is 5.91 Å². The van der Waals surface area contributed by atoms with E-state index in [-0.39, 0.29) is 12.5 Å². The second-order valence-corrected chi connectivity index (χ2v) is 4.55. The minimum Gasteiger partial charge on any atom is -0.378 e. The Labute approximate surface area is 124 Å². The van der Waals surface area contributed by atoms with Gasteiger partial charge in [0, 0.05) is 37.4 Å². The summed E-state index contributed by atoms with van der Waals surface area (Å²) in [6.45, 7) is 3.66. The molecule has 0 aliphatic heterocycles. The maximum atomic E-state index is 11.5. The van der Waals surface area contributed by atoms with E-state index in [1.807, 2.05) is 30.5 Å². The number of hydrogen-bond acceptors (Lipinski definition) is 4. The fourth-order valence-corrected chi connectivity index (χ4v) is 2.01. The molecule has 21 heavy (non-hydrogen) atoms. The molecule has 0 fully saturated rings. The lowest BCUT2D eigenvalue weighted by Crippen LogP contribution is -2.17. The van der Waals surface area contributed by atoms with Crippen molar-refractivity contribution >= 4 is 17.3 Å². The Morgan fingerprint density at radius 2 is 2.19 bits per heavy atom. The summed E-state index contributed by atoms with van der Waals surface area (Å²) in [5.74, 6) is 0.808. The smallest absolute Gasteiger partial charge is 0.250 e. The van der Waals surface area contributed by atoms with Gasteiger partial charge < -0.3 is 19.9 Å². The molecule has 0 spiro atoms. The van der Waals surface area contributed by atoms with Crippen LogP contribution in [0.2, 0.25) is 0 Å². The summed E-state index contributed by atoms with van der Waals surface area (Å²) < 4.78 is 6.87. The molecule has 0 radical (unpaired) electrons. The Balaban J connectivity index is 1.96. The Kier molecular flexibility index (Phi) is 5.34. The van der Waals surface area contributed by atoms with Gasteiger partial charge in [0.15, 0.2) is 0 Å². The monoisotopic (exact) mass is 288 g/mol. The zero-order chi connectivity index (χ0) is 15.1. The molecule has 0 aliphatic rings. The Bertz CT molecular complexity index is 595. The number of nitrogens with one attached hydrogen (secondary N) is 2. The molecule has 2 aromatic rings. The number of aromatic nitrogens is 2. The molecule has 6 nitrogen and oxygen atoms in total. The molecule has 6 heteroatoms. The molecule has 2 N–H and O–H groups in total. The average molecular weight is 288 g/mol. The van der Waals surface area contributed by atoms with Crippen LogP contribution in [0.5, 0.6) is 0 Å². The predicted octanol–water partition coefficient (Wildman–Crippen LogP) is 2.10. The summed E-state index contributed by atoms with van der Waals surface area (Å²) >= 11 is 0. The Morgan fingerprint density at radius 1 is 1.38 bits per heavy atom. The van der Waals surface area contributed by atoms with Crippen molar-refractivity contribution in [1.82, 2.24) is 9.55 Å². The minimum atomic E-state index is -0.170. The molecule has 0 bridgehead atoms. The highest BCUT2D eigenvalue weighted by Crippen LogP contribution is 2.15. The van der Waals surface area contributed by atoms with Gasteiger partial charge in [-0.2, -0.15) is 0 Å². The molecule has 0 saturated carbocycles. The number of rotatable bonds is 7. The minimum absolute atomic E-state index is 0.0472. The van der Waals surface area contributed by atoms with Crippen molar-refractivity contribution in [2.45, 2.75) is 20.0 Å². The third kappa shape index (κ3) is 4.32. The van der Waals surface area contributed by atoms with E-state index in [4.69, 9.17) is 4.74 Å². The lowest BCUT2D eigenvalue weighted by atomic mass is 10.2. The third-order valence-corrected chi connectivity index (χ3v) is 3.01. The van der Waals surface area contributed by atoms with E-state index in [9.17, 15) is 4.79 Å². The number of aryl methyl sites for hydroxylation is 1. The number of hydrogen-bond donors (Lipinski definition) is 2. The predicted molar refractivity (Wildman–Crippen MR) is 82.2 cm³/mol. The Hall–Kier alpha value is -2.34. The first-order chi connectivity index (χ1) is 10.2. The summed E-state index contributed by atoms with van der Waals surface area (Å²) in [7, 11) is 1.49. The van der Waals surface area contributed by atoms with Gasteiger partial charge in [-0.1, -0.05) is 6.07 Å². The highest BCUT2D eigenvalue weighted by molar-refractivity contribution is 5.92. The van der Waals surface area contributed by atoms with Crippen LogP contribution in [-0.4, -0.2) is 29.2 Å². The molecule has 0 aliphatic carbocycles.